The molecule has 10 heteroatoms. The second kappa shape index (κ2) is 7.24. The van der Waals surface area contributed by atoms with E-state index in [1.165, 1.54) is 6.07 Å². The van der Waals surface area contributed by atoms with Crippen LogP contribution in [0.1, 0.15) is 5.56 Å². The topological polar surface area (TPSA) is 105 Å². The molecule has 136 valence electrons. The van der Waals surface area contributed by atoms with Gasteiger partial charge in [0.2, 0.25) is 10.0 Å². The molecule has 3 rings (SSSR count). The Bertz CT molecular complexity index is 1100. The summed E-state index contributed by atoms with van der Waals surface area (Å²) in [7, 11) is -3.98. The maximum absolute atomic E-state index is 12.4. The van der Waals surface area contributed by atoms with Crippen molar-refractivity contribution in [2.45, 2.75) is 11.3 Å². The molecule has 3 aromatic rings. The average Bonchev–Trinajstić information content (AvgIpc) is 2.97. The highest BCUT2D eigenvalue weighted by atomic mass is 35.5. The van der Waals surface area contributed by atoms with E-state index < -0.39 is 14.9 Å². The Morgan fingerprint density at radius 2 is 1.92 bits per heavy atom. The number of nitrogens with one attached hydrogen (secondary N) is 2. The van der Waals surface area contributed by atoms with E-state index in [2.05, 4.69) is 9.71 Å². The lowest BCUT2D eigenvalue weighted by molar-refractivity contribution is -0.385. The van der Waals surface area contributed by atoms with E-state index in [-0.39, 0.29) is 22.2 Å². The van der Waals surface area contributed by atoms with Crippen LogP contribution in [-0.4, -0.2) is 24.9 Å². The van der Waals surface area contributed by atoms with Gasteiger partial charge >= 0.3 is 0 Å². The number of aromatic nitrogens is 1. The van der Waals surface area contributed by atoms with Crippen molar-refractivity contribution in [2.75, 3.05) is 6.54 Å². The first-order chi connectivity index (χ1) is 12.3. The minimum absolute atomic E-state index is 0.0815. The van der Waals surface area contributed by atoms with Crippen molar-refractivity contribution in [3.05, 3.63) is 68.3 Å². The van der Waals surface area contributed by atoms with Gasteiger partial charge in [0.15, 0.2) is 0 Å². The monoisotopic (exact) mass is 413 g/mol. The van der Waals surface area contributed by atoms with Gasteiger partial charge in [0, 0.05) is 40.8 Å². The molecule has 0 aliphatic carbocycles. The molecule has 0 aliphatic rings. The summed E-state index contributed by atoms with van der Waals surface area (Å²) in [6.07, 6.45) is 2.20. The Hall–Kier alpha value is -2.13. The van der Waals surface area contributed by atoms with E-state index in [9.17, 15) is 18.5 Å². The highest BCUT2D eigenvalue weighted by Gasteiger charge is 2.21. The number of hydrogen-bond donors (Lipinski definition) is 2. The fourth-order valence-electron chi connectivity index (χ4n) is 2.57. The molecule has 2 N–H and O–H groups in total. The fraction of sp³-hybridized carbons (Fsp3) is 0.125. The van der Waals surface area contributed by atoms with Crippen LogP contribution in [0.4, 0.5) is 5.69 Å². The van der Waals surface area contributed by atoms with Crippen LogP contribution in [0.25, 0.3) is 10.9 Å². The fourth-order valence-corrected chi connectivity index (χ4v) is 4.29. The first kappa shape index (κ1) is 18.7. The number of non-ortho nitro benzene ring substituents is 1. The van der Waals surface area contributed by atoms with E-state index in [1.54, 1.807) is 18.3 Å². The summed E-state index contributed by atoms with van der Waals surface area (Å²) in [5.41, 5.74) is 1.45. The molecule has 26 heavy (non-hydrogen) atoms. The third-order valence-corrected chi connectivity index (χ3v) is 6.01. The van der Waals surface area contributed by atoms with Crippen LogP contribution in [0.15, 0.2) is 47.5 Å². The Kier molecular flexibility index (Phi) is 5.19. The molecule has 0 atom stereocenters. The van der Waals surface area contributed by atoms with Crippen molar-refractivity contribution >= 4 is 49.8 Å². The Balaban J connectivity index is 1.77. The van der Waals surface area contributed by atoms with E-state index >= 15 is 0 Å². The van der Waals surface area contributed by atoms with E-state index in [0.717, 1.165) is 28.6 Å². The first-order valence-corrected chi connectivity index (χ1v) is 9.71. The van der Waals surface area contributed by atoms with Crippen molar-refractivity contribution in [1.82, 2.24) is 9.71 Å². The summed E-state index contributed by atoms with van der Waals surface area (Å²) in [4.78, 5) is 12.9. The molecule has 7 nitrogen and oxygen atoms in total. The summed E-state index contributed by atoms with van der Waals surface area (Å²) in [6.45, 7) is 0.0980. The highest BCUT2D eigenvalue weighted by Crippen LogP contribution is 2.26. The number of rotatable bonds is 6. The van der Waals surface area contributed by atoms with Crippen molar-refractivity contribution in [3.63, 3.8) is 0 Å². The van der Waals surface area contributed by atoms with Crippen LogP contribution < -0.4 is 4.72 Å². The standard InChI is InChI=1S/C16H13Cl2N3O4S/c17-11-1-4-15-13(7-11)10(9-19-15)5-6-20-26(24,25)16-8-12(21(22)23)2-3-14(16)18/h1-4,7-9,19-20H,5-6H2. The van der Waals surface area contributed by atoms with Gasteiger partial charge in [-0.25, -0.2) is 13.1 Å². The number of hydrogen-bond acceptors (Lipinski definition) is 4. The van der Waals surface area contributed by atoms with Crippen LogP contribution >= 0.6 is 23.2 Å². The second-order valence-electron chi connectivity index (χ2n) is 5.52. The smallest absolute Gasteiger partial charge is 0.270 e. The van der Waals surface area contributed by atoms with Crippen LogP contribution in [0.2, 0.25) is 10.0 Å². The molecule has 0 saturated heterocycles. The van der Waals surface area contributed by atoms with Crippen LogP contribution in [0.3, 0.4) is 0 Å². The first-order valence-electron chi connectivity index (χ1n) is 7.47. The molecule has 0 unspecified atom stereocenters. The normalized spacial score (nSPS) is 11.8. The van der Waals surface area contributed by atoms with Gasteiger partial charge in [0.1, 0.15) is 4.90 Å². The minimum atomic E-state index is -3.98. The largest absolute Gasteiger partial charge is 0.361 e. The summed E-state index contributed by atoms with van der Waals surface area (Å²) in [5, 5.41) is 12.3. The van der Waals surface area contributed by atoms with Gasteiger partial charge in [-0.3, -0.25) is 10.1 Å². The van der Waals surface area contributed by atoms with Gasteiger partial charge in [-0.15, -0.1) is 0 Å². The SMILES string of the molecule is O=[N+]([O-])c1ccc(Cl)c(S(=O)(=O)NCCc2c[nH]c3ccc(Cl)cc23)c1. The lowest BCUT2D eigenvalue weighted by atomic mass is 10.1. The zero-order valence-electron chi connectivity index (χ0n) is 13.2. The van der Waals surface area contributed by atoms with Crippen molar-refractivity contribution in [2.24, 2.45) is 0 Å². The van der Waals surface area contributed by atoms with E-state index in [1.807, 2.05) is 6.07 Å². The zero-order chi connectivity index (χ0) is 18.9. The van der Waals surface area contributed by atoms with Gasteiger partial charge in [-0.05, 0) is 36.2 Å². The van der Waals surface area contributed by atoms with Crippen LogP contribution in [-0.2, 0) is 16.4 Å². The molecule has 0 spiro atoms. The molecular formula is C16H13Cl2N3O4S. The van der Waals surface area contributed by atoms with Gasteiger partial charge in [-0.2, -0.15) is 0 Å². The van der Waals surface area contributed by atoms with Gasteiger partial charge < -0.3 is 4.98 Å². The summed E-state index contributed by atoms with van der Waals surface area (Å²) < 4.78 is 27.3. The molecule has 1 aromatic heterocycles. The number of fused-ring (bicyclic) bond motifs is 1. The molecular weight excluding hydrogens is 401 g/mol. The predicted octanol–water partition coefficient (Wildman–Crippen LogP) is 3.90. The maximum atomic E-state index is 12.4. The highest BCUT2D eigenvalue weighted by molar-refractivity contribution is 7.89. The molecule has 2 aromatic carbocycles. The molecule has 1 heterocycles. The van der Waals surface area contributed by atoms with Crippen LogP contribution in [0.5, 0.6) is 0 Å². The Morgan fingerprint density at radius 1 is 1.15 bits per heavy atom. The molecule has 0 aliphatic heterocycles. The van der Waals surface area contributed by atoms with Crippen LogP contribution in [0, 0.1) is 10.1 Å². The quantitative estimate of drug-likeness (QED) is 0.471. The van der Waals surface area contributed by atoms with Gasteiger partial charge in [-0.1, -0.05) is 23.2 Å². The van der Waals surface area contributed by atoms with Crippen molar-refractivity contribution < 1.29 is 13.3 Å². The number of nitro groups is 1. The molecule has 0 radical (unpaired) electrons. The second-order valence-corrected chi connectivity index (χ2v) is 8.10. The maximum Gasteiger partial charge on any atom is 0.270 e. The lowest BCUT2D eigenvalue weighted by Crippen LogP contribution is -2.26. The minimum Gasteiger partial charge on any atom is -0.361 e. The summed E-state index contributed by atoms with van der Waals surface area (Å²) in [6, 6.07) is 8.68. The number of nitro benzene ring substituents is 1. The molecule has 0 amide bonds. The zero-order valence-corrected chi connectivity index (χ0v) is 15.5. The Morgan fingerprint density at radius 3 is 2.65 bits per heavy atom. The molecule has 0 saturated carbocycles. The van der Waals surface area contributed by atoms with Gasteiger partial charge in [0.25, 0.3) is 5.69 Å². The predicted molar refractivity (Wildman–Crippen MR) is 100 cm³/mol. The van der Waals surface area contributed by atoms with Crippen molar-refractivity contribution in [1.29, 1.82) is 0 Å². The average molecular weight is 414 g/mol. The molecule has 0 fully saturated rings. The third-order valence-electron chi connectivity index (χ3n) is 3.83. The lowest BCUT2D eigenvalue weighted by Gasteiger charge is -2.08. The third kappa shape index (κ3) is 3.83. The van der Waals surface area contributed by atoms with Crippen molar-refractivity contribution in [3.8, 4) is 0 Å². The Labute approximate surface area is 159 Å². The van der Waals surface area contributed by atoms with E-state index in [4.69, 9.17) is 23.2 Å². The number of benzene rings is 2. The molecule has 0 bridgehead atoms. The number of H-pyrrole nitrogens is 1. The number of nitrogens with zero attached hydrogens (tertiary/aromatic N) is 1. The van der Waals surface area contributed by atoms with E-state index in [0.29, 0.717) is 11.4 Å². The van der Waals surface area contributed by atoms with Gasteiger partial charge in [0.05, 0.1) is 9.95 Å². The number of sulfonamides is 1. The summed E-state index contributed by atoms with van der Waals surface area (Å²) in [5.74, 6) is 0. The number of halogens is 2. The number of aromatic amines is 1. The summed E-state index contributed by atoms with van der Waals surface area (Å²) >= 11 is 11.9.